The number of likely N-dealkylation sites (tertiary alicyclic amines) is 2. The summed E-state index contributed by atoms with van der Waals surface area (Å²) < 4.78 is 0. The Bertz CT molecular complexity index is 499. The number of thiazole rings is 1. The van der Waals surface area contributed by atoms with Crippen LogP contribution in [-0.4, -0.2) is 45.4 Å². The van der Waals surface area contributed by atoms with Crippen molar-refractivity contribution < 1.29 is 4.79 Å². The molecule has 1 aromatic heterocycles. The van der Waals surface area contributed by atoms with E-state index in [4.69, 9.17) is 0 Å². The molecule has 4 rings (SSSR count). The molecule has 0 bridgehead atoms. The molecule has 2 saturated heterocycles. The van der Waals surface area contributed by atoms with E-state index in [0.29, 0.717) is 11.9 Å². The van der Waals surface area contributed by atoms with Crippen LogP contribution in [0.2, 0.25) is 0 Å². The second-order valence-electron chi connectivity index (χ2n) is 6.37. The second kappa shape index (κ2) is 4.81. The first-order valence-electron chi connectivity index (χ1n) is 7.73. The standard InChI is InChI=1S/C15H21N3OS/c19-14-15(6-2-8-18(14)13-3-4-13)5-1-7-17(15)9-12-10-20-11-16-12/h10-11,13H,1-9H2. The third-order valence-corrected chi connectivity index (χ3v) is 5.73. The van der Waals surface area contributed by atoms with Gasteiger partial charge in [-0.2, -0.15) is 0 Å². The van der Waals surface area contributed by atoms with Gasteiger partial charge in [0.1, 0.15) is 5.54 Å². The van der Waals surface area contributed by atoms with Crippen LogP contribution in [0.4, 0.5) is 0 Å². The van der Waals surface area contributed by atoms with Gasteiger partial charge in [-0.1, -0.05) is 0 Å². The number of piperidine rings is 1. The monoisotopic (exact) mass is 291 g/mol. The Kier molecular flexibility index (Phi) is 3.07. The summed E-state index contributed by atoms with van der Waals surface area (Å²) in [5, 5.41) is 2.11. The fourth-order valence-corrected chi connectivity index (χ4v) is 4.50. The minimum absolute atomic E-state index is 0.204. The fourth-order valence-electron chi connectivity index (χ4n) is 3.95. The Morgan fingerprint density at radius 1 is 1.30 bits per heavy atom. The average molecular weight is 291 g/mol. The number of hydrogen-bond donors (Lipinski definition) is 0. The van der Waals surface area contributed by atoms with Crippen molar-refractivity contribution in [1.29, 1.82) is 0 Å². The van der Waals surface area contributed by atoms with Crippen LogP contribution >= 0.6 is 11.3 Å². The van der Waals surface area contributed by atoms with Gasteiger partial charge in [0.15, 0.2) is 0 Å². The van der Waals surface area contributed by atoms with E-state index < -0.39 is 0 Å². The van der Waals surface area contributed by atoms with Crippen molar-refractivity contribution in [2.24, 2.45) is 0 Å². The third kappa shape index (κ3) is 1.99. The second-order valence-corrected chi connectivity index (χ2v) is 7.09. The Balaban J connectivity index is 1.58. The van der Waals surface area contributed by atoms with E-state index in [-0.39, 0.29) is 5.54 Å². The van der Waals surface area contributed by atoms with E-state index >= 15 is 0 Å². The van der Waals surface area contributed by atoms with Crippen molar-refractivity contribution >= 4 is 17.2 Å². The zero-order chi connectivity index (χ0) is 13.6. The number of carbonyl (C=O) groups excluding carboxylic acids is 1. The predicted octanol–water partition coefficient (Wildman–Crippen LogP) is 2.26. The number of amides is 1. The molecule has 1 aliphatic carbocycles. The molecule has 20 heavy (non-hydrogen) atoms. The van der Waals surface area contributed by atoms with Gasteiger partial charge >= 0.3 is 0 Å². The van der Waals surface area contributed by atoms with Gasteiger partial charge in [0.25, 0.3) is 0 Å². The summed E-state index contributed by atoms with van der Waals surface area (Å²) in [6.45, 7) is 2.87. The first-order chi connectivity index (χ1) is 9.79. The first kappa shape index (κ1) is 12.8. The molecular formula is C15H21N3OS. The highest BCUT2D eigenvalue weighted by molar-refractivity contribution is 7.07. The van der Waals surface area contributed by atoms with Gasteiger partial charge < -0.3 is 4.90 Å². The van der Waals surface area contributed by atoms with Gasteiger partial charge in [0.2, 0.25) is 5.91 Å². The topological polar surface area (TPSA) is 36.4 Å². The van der Waals surface area contributed by atoms with E-state index in [1.165, 1.54) is 12.8 Å². The third-order valence-electron chi connectivity index (χ3n) is 5.10. The van der Waals surface area contributed by atoms with Crippen LogP contribution < -0.4 is 0 Å². The molecule has 0 aromatic carbocycles. The molecule has 3 aliphatic rings. The zero-order valence-electron chi connectivity index (χ0n) is 11.8. The molecule has 1 spiro atoms. The molecule has 1 saturated carbocycles. The molecule has 5 heteroatoms. The van der Waals surface area contributed by atoms with Gasteiger partial charge in [-0.25, -0.2) is 4.98 Å². The van der Waals surface area contributed by atoms with Crippen molar-refractivity contribution in [3.05, 3.63) is 16.6 Å². The summed E-state index contributed by atoms with van der Waals surface area (Å²) in [5.74, 6) is 0.416. The van der Waals surface area contributed by atoms with Crippen LogP contribution in [0, 0.1) is 0 Å². The quantitative estimate of drug-likeness (QED) is 0.857. The lowest BCUT2D eigenvalue weighted by molar-refractivity contribution is -0.148. The van der Waals surface area contributed by atoms with E-state index in [1.807, 2.05) is 5.51 Å². The minimum Gasteiger partial charge on any atom is -0.338 e. The maximum Gasteiger partial charge on any atom is 0.243 e. The molecular weight excluding hydrogens is 270 g/mol. The summed E-state index contributed by atoms with van der Waals surface area (Å²) in [5.41, 5.74) is 2.80. The molecule has 0 N–H and O–H groups in total. The number of rotatable bonds is 3. The molecule has 0 radical (unpaired) electrons. The minimum atomic E-state index is -0.204. The van der Waals surface area contributed by atoms with Crippen molar-refractivity contribution in [3.63, 3.8) is 0 Å². The molecule has 2 aliphatic heterocycles. The van der Waals surface area contributed by atoms with Gasteiger partial charge in [-0.05, 0) is 45.1 Å². The Hall–Kier alpha value is -0.940. The molecule has 1 atom stereocenters. The highest BCUT2D eigenvalue weighted by Crippen LogP contribution is 2.42. The summed E-state index contributed by atoms with van der Waals surface area (Å²) in [4.78, 5) is 22.0. The average Bonchev–Trinajstić information content (AvgIpc) is 3.02. The maximum atomic E-state index is 13.0. The molecule has 3 fully saturated rings. The van der Waals surface area contributed by atoms with Crippen LogP contribution in [0.25, 0.3) is 0 Å². The summed E-state index contributed by atoms with van der Waals surface area (Å²) in [6.07, 6.45) is 6.82. The summed E-state index contributed by atoms with van der Waals surface area (Å²) >= 11 is 1.64. The Morgan fingerprint density at radius 3 is 2.80 bits per heavy atom. The zero-order valence-corrected chi connectivity index (χ0v) is 12.6. The predicted molar refractivity (Wildman–Crippen MR) is 78.5 cm³/mol. The smallest absolute Gasteiger partial charge is 0.243 e. The lowest BCUT2D eigenvalue weighted by Crippen LogP contribution is -2.60. The van der Waals surface area contributed by atoms with Crippen molar-refractivity contribution in [2.75, 3.05) is 13.1 Å². The van der Waals surface area contributed by atoms with Crippen LogP contribution in [0.3, 0.4) is 0 Å². The molecule has 1 unspecified atom stereocenters. The number of nitrogens with zero attached hydrogens (tertiary/aromatic N) is 3. The van der Waals surface area contributed by atoms with E-state index in [1.54, 1.807) is 11.3 Å². The van der Waals surface area contributed by atoms with Crippen LogP contribution in [0.15, 0.2) is 10.9 Å². The fraction of sp³-hybridized carbons (Fsp3) is 0.733. The highest BCUT2D eigenvalue weighted by atomic mass is 32.1. The van der Waals surface area contributed by atoms with Crippen LogP contribution in [-0.2, 0) is 11.3 Å². The largest absolute Gasteiger partial charge is 0.338 e. The van der Waals surface area contributed by atoms with Gasteiger partial charge in [0, 0.05) is 24.5 Å². The van der Waals surface area contributed by atoms with E-state index in [9.17, 15) is 4.79 Å². The molecule has 4 nitrogen and oxygen atoms in total. The van der Waals surface area contributed by atoms with Crippen LogP contribution in [0.1, 0.15) is 44.2 Å². The van der Waals surface area contributed by atoms with Crippen molar-refractivity contribution in [1.82, 2.24) is 14.8 Å². The number of aromatic nitrogens is 1. The molecule has 1 amide bonds. The van der Waals surface area contributed by atoms with Crippen molar-refractivity contribution in [2.45, 2.75) is 56.7 Å². The summed E-state index contributed by atoms with van der Waals surface area (Å²) in [6, 6.07) is 0.557. The molecule has 1 aromatic rings. The number of hydrogen-bond acceptors (Lipinski definition) is 4. The molecule has 3 heterocycles. The SMILES string of the molecule is O=C1N(C2CC2)CCCC12CCCN2Cc1cscn1. The van der Waals surface area contributed by atoms with Crippen molar-refractivity contribution in [3.8, 4) is 0 Å². The lowest BCUT2D eigenvalue weighted by atomic mass is 9.85. The lowest BCUT2D eigenvalue weighted by Gasteiger charge is -2.44. The highest BCUT2D eigenvalue weighted by Gasteiger charge is 2.53. The van der Waals surface area contributed by atoms with Gasteiger partial charge in [-0.15, -0.1) is 11.3 Å². The Morgan fingerprint density at radius 2 is 2.10 bits per heavy atom. The van der Waals surface area contributed by atoms with E-state index in [0.717, 1.165) is 51.0 Å². The molecule has 108 valence electrons. The number of carbonyl (C=O) groups is 1. The first-order valence-corrected chi connectivity index (χ1v) is 8.67. The maximum absolute atomic E-state index is 13.0. The van der Waals surface area contributed by atoms with E-state index in [2.05, 4.69) is 20.2 Å². The van der Waals surface area contributed by atoms with Gasteiger partial charge in [0.05, 0.1) is 11.2 Å². The normalized spacial score (nSPS) is 31.4. The Labute approximate surface area is 123 Å². The van der Waals surface area contributed by atoms with Crippen LogP contribution in [0.5, 0.6) is 0 Å². The summed E-state index contributed by atoms with van der Waals surface area (Å²) in [7, 11) is 0. The van der Waals surface area contributed by atoms with Gasteiger partial charge in [-0.3, -0.25) is 9.69 Å².